The van der Waals surface area contributed by atoms with Crippen LogP contribution >= 0.6 is 0 Å². The van der Waals surface area contributed by atoms with Crippen LogP contribution in [0.1, 0.15) is 15.9 Å². The van der Waals surface area contributed by atoms with E-state index in [1.54, 1.807) is 0 Å². The Balaban J connectivity index is 2.94. The largest absolute Gasteiger partial charge is 0.467 e. The van der Waals surface area contributed by atoms with Crippen molar-refractivity contribution in [2.24, 2.45) is 0 Å². The number of nitrogens with one attached hydrogen (secondary N) is 1. The summed E-state index contributed by atoms with van der Waals surface area (Å²) in [4.78, 5) is 23.3. The van der Waals surface area contributed by atoms with Crippen molar-refractivity contribution in [3.05, 3.63) is 34.9 Å². The summed E-state index contributed by atoms with van der Waals surface area (Å²) in [6, 6.07) is 0.622. The fourth-order valence-corrected chi connectivity index (χ4v) is 1.54. The summed E-state index contributed by atoms with van der Waals surface area (Å²) in [7, 11) is 2.49. The molecule has 0 heterocycles. The summed E-state index contributed by atoms with van der Waals surface area (Å²) in [5.41, 5.74) is -0.230. The Labute approximate surface area is 114 Å². The number of rotatable bonds is 5. The zero-order valence-electron chi connectivity index (χ0n) is 11.3. The maximum Gasteiger partial charge on any atom is 0.330 e. The zero-order chi connectivity index (χ0) is 15.3. The van der Waals surface area contributed by atoms with Gasteiger partial charge in [-0.15, -0.1) is 0 Å². The van der Waals surface area contributed by atoms with E-state index in [0.29, 0.717) is 6.07 Å². The Kier molecular flexibility index (Phi) is 5.57. The molecule has 1 aromatic carbocycles. The highest BCUT2D eigenvalue weighted by Crippen LogP contribution is 2.14. The van der Waals surface area contributed by atoms with Crippen molar-refractivity contribution in [1.82, 2.24) is 5.32 Å². The maximum atomic E-state index is 13.6. The van der Waals surface area contributed by atoms with Crippen LogP contribution < -0.4 is 5.32 Å². The van der Waals surface area contributed by atoms with Gasteiger partial charge in [-0.1, -0.05) is 0 Å². The lowest BCUT2D eigenvalue weighted by Crippen LogP contribution is -2.44. The SMILES string of the molecule is COC[C@@H](NC(=O)c1cc(C)c(F)cc1F)C(=O)OC. The van der Waals surface area contributed by atoms with Gasteiger partial charge < -0.3 is 14.8 Å². The topological polar surface area (TPSA) is 64.6 Å². The molecule has 0 unspecified atom stereocenters. The fraction of sp³-hybridized carbons (Fsp3) is 0.385. The molecule has 1 aromatic rings. The predicted octanol–water partition coefficient (Wildman–Crippen LogP) is 1.19. The zero-order valence-corrected chi connectivity index (χ0v) is 11.3. The normalized spacial score (nSPS) is 11.8. The molecule has 0 spiro atoms. The van der Waals surface area contributed by atoms with Crippen LogP contribution in [0.4, 0.5) is 8.78 Å². The Morgan fingerprint density at radius 1 is 1.25 bits per heavy atom. The molecule has 20 heavy (non-hydrogen) atoms. The van der Waals surface area contributed by atoms with Crippen LogP contribution in [-0.2, 0) is 14.3 Å². The quantitative estimate of drug-likeness (QED) is 0.826. The standard InChI is InChI=1S/C13H15F2NO4/c1-7-4-8(10(15)5-9(7)14)12(17)16-11(6-19-2)13(18)20-3/h4-5,11H,6H2,1-3H3,(H,16,17)/t11-/m1/s1. The third-order valence-electron chi connectivity index (χ3n) is 2.62. The first kappa shape index (κ1) is 16.0. The van der Waals surface area contributed by atoms with Crippen LogP contribution in [0.25, 0.3) is 0 Å². The average Bonchev–Trinajstić information content (AvgIpc) is 2.41. The molecule has 0 aliphatic rings. The van der Waals surface area contributed by atoms with Crippen molar-refractivity contribution in [3.63, 3.8) is 0 Å². The average molecular weight is 287 g/mol. The molecule has 0 bridgehead atoms. The van der Waals surface area contributed by atoms with Gasteiger partial charge >= 0.3 is 5.97 Å². The first-order chi connectivity index (χ1) is 9.40. The number of halogens is 2. The van der Waals surface area contributed by atoms with E-state index in [-0.39, 0.29) is 17.7 Å². The molecule has 1 atom stereocenters. The van der Waals surface area contributed by atoms with Crippen molar-refractivity contribution in [2.45, 2.75) is 13.0 Å². The number of amides is 1. The Bertz CT molecular complexity index is 519. The summed E-state index contributed by atoms with van der Waals surface area (Å²) in [6.07, 6.45) is 0. The van der Waals surface area contributed by atoms with Gasteiger partial charge in [0.1, 0.15) is 11.6 Å². The molecule has 5 nitrogen and oxygen atoms in total. The highest BCUT2D eigenvalue weighted by molar-refractivity contribution is 5.97. The number of hydrogen-bond acceptors (Lipinski definition) is 4. The third-order valence-corrected chi connectivity index (χ3v) is 2.62. The first-order valence-electron chi connectivity index (χ1n) is 5.74. The second-order valence-corrected chi connectivity index (χ2v) is 4.09. The fourth-order valence-electron chi connectivity index (χ4n) is 1.54. The van der Waals surface area contributed by atoms with Gasteiger partial charge in [0.25, 0.3) is 5.91 Å². The summed E-state index contributed by atoms with van der Waals surface area (Å²) in [5.74, 6) is -3.33. The minimum atomic E-state index is -1.07. The van der Waals surface area contributed by atoms with Gasteiger partial charge in [0.2, 0.25) is 0 Å². The lowest BCUT2D eigenvalue weighted by molar-refractivity contribution is -0.144. The van der Waals surface area contributed by atoms with E-state index < -0.39 is 29.6 Å². The van der Waals surface area contributed by atoms with Crippen LogP contribution in [0.5, 0.6) is 0 Å². The number of carbonyl (C=O) groups is 2. The molecule has 110 valence electrons. The van der Waals surface area contributed by atoms with Crippen molar-refractivity contribution in [2.75, 3.05) is 20.8 Å². The van der Waals surface area contributed by atoms with Gasteiger partial charge in [0, 0.05) is 13.2 Å². The second kappa shape index (κ2) is 6.95. The Morgan fingerprint density at radius 3 is 2.45 bits per heavy atom. The summed E-state index contributed by atoms with van der Waals surface area (Å²) in [5, 5.41) is 2.27. The number of methoxy groups -OCH3 is 2. The first-order valence-corrected chi connectivity index (χ1v) is 5.74. The summed E-state index contributed by atoms with van der Waals surface area (Å²) < 4.78 is 35.9. The van der Waals surface area contributed by atoms with Crippen LogP contribution in [0.15, 0.2) is 12.1 Å². The molecule has 0 saturated carbocycles. The van der Waals surface area contributed by atoms with Gasteiger partial charge in [-0.05, 0) is 18.6 Å². The molecule has 0 aromatic heterocycles. The smallest absolute Gasteiger partial charge is 0.330 e. The number of aryl methyl sites for hydroxylation is 1. The molecule has 7 heteroatoms. The molecular formula is C13H15F2NO4. The van der Waals surface area contributed by atoms with E-state index in [9.17, 15) is 18.4 Å². The van der Waals surface area contributed by atoms with Crippen LogP contribution in [0.3, 0.4) is 0 Å². The van der Waals surface area contributed by atoms with E-state index >= 15 is 0 Å². The molecule has 1 N–H and O–H groups in total. The van der Waals surface area contributed by atoms with Crippen molar-refractivity contribution in [1.29, 1.82) is 0 Å². The minimum Gasteiger partial charge on any atom is -0.467 e. The van der Waals surface area contributed by atoms with Crippen molar-refractivity contribution < 1.29 is 27.8 Å². The van der Waals surface area contributed by atoms with Crippen LogP contribution in [0, 0.1) is 18.6 Å². The van der Waals surface area contributed by atoms with E-state index in [4.69, 9.17) is 4.74 Å². The number of ether oxygens (including phenoxy) is 2. The molecule has 0 fully saturated rings. The molecular weight excluding hydrogens is 272 g/mol. The van der Waals surface area contributed by atoms with Gasteiger partial charge in [-0.3, -0.25) is 4.79 Å². The van der Waals surface area contributed by atoms with Crippen molar-refractivity contribution in [3.8, 4) is 0 Å². The minimum absolute atomic E-state index is 0.123. The molecule has 0 aliphatic carbocycles. The van der Waals surface area contributed by atoms with Crippen LogP contribution in [0.2, 0.25) is 0 Å². The predicted molar refractivity (Wildman–Crippen MR) is 66.2 cm³/mol. The molecule has 1 amide bonds. The summed E-state index contributed by atoms with van der Waals surface area (Å²) in [6.45, 7) is 1.28. The summed E-state index contributed by atoms with van der Waals surface area (Å²) >= 11 is 0. The van der Waals surface area contributed by atoms with E-state index in [0.717, 1.165) is 13.2 Å². The molecule has 0 saturated heterocycles. The third kappa shape index (κ3) is 3.74. The van der Waals surface area contributed by atoms with Crippen LogP contribution in [-0.4, -0.2) is 38.7 Å². The number of benzene rings is 1. The van der Waals surface area contributed by atoms with Gasteiger partial charge in [0.05, 0.1) is 19.3 Å². The van der Waals surface area contributed by atoms with Gasteiger partial charge in [-0.2, -0.15) is 0 Å². The lowest BCUT2D eigenvalue weighted by Gasteiger charge is -2.16. The van der Waals surface area contributed by atoms with Crippen molar-refractivity contribution >= 4 is 11.9 Å². The molecule has 0 radical (unpaired) electrons. The maximum absolute atomic E-state index is 13.6. The van der Waals surface area contributed by atoms with E-state index in [1.165, 1.54) is 14.0 Å². The lowest BCUT2D eigenvalue weighted by atomic mass is 10.1. The number of carbonyl (C=O) groups excluding carboxylic acids is 2. The number of hydrogen-bond donors (Lipinski definition) is 1. The second-order valence-electron chi connectivity index (χ2n) is 4.09. The molecule has 0 aliphatic heterocycles. The Hall–Kier alpha value is -2.02. The van der Waals surface area contributed by atoms with E-state index in [2.05, 4.69) is 10.1 Å². The van der Waals surface area contributed by atoms with E-state index in [1.807, 2.05) is 0 Å². The highest BCUT2D eigenvalue weighted by atomic mass is 19.1. The monoisotopic (exact) mass is 287 g/mol. The Morgan fingerprint density at radius 2 is 1.90 bits per heavy atom. The molecule has 1 rings (SSSR count). The van der Waals surface area contributed by atoms with Gasteiger partial charge in [0.15, 0.2) is 6.04 Å². The highest BCUT2D eigenvalue weighted by Gasteiger charge is 2.24. The van der Waals surface area contributed by atoms with Gasteiger partial charge in [-0.25, -0.2) is 13.6 Å². The number of esters is 1.